The number of benzene rings is 1. The van der Waals surface area contributed by atoms with Crippen LogP contribution in [0.25, 0.3) is 0 Å². The number of halogens is 1. The number of carbonyl (C=O) groups excluding carboxylic acids is 1. The molecule has 0 bridgehead atoms. The molecule has 0 aromatic heterocycles. The molecule has 1 aliphatic rings. The Balaban J connectivity index is 2.23. The summed E-state index contributed by atoms with van der Waals surface area (Å²) in [5.41, 5.74) is 0.900. The summed E-state index contributed by atoms with van der Waals surface area (Å²) < 4.78 is 0.962. The molecule has 0 spiro atoms. The van der Waals surface area contributed by atoms with Crippen molar-refractivity contribution < 1.29 is 9.90 Å². The smallest absolute Gasteiger partial charge is 0.232 e. The van der Waals surface area contributed by atoms with Crippen LogP contribution in [0.1, 0.15) is 12.8 Å². The van der Waals surface area contributed by atoms with Gasteiger partial charge in [-0.25, -0.2) is 0 Å². The van der Waals surface area contributed by atoms with Gasteiger partial charge in [0.2, 0.25) is 5.91 Å². The van der Waals surface area contributed by atoms with Gasteiger partial charge in [0, 0.05) is 16.7 Å². The summed E-state index contributed by atoms with van der Waals surface area (Å²) in [6, 6.07) is 7.69. The molecule has 1 atom stereocenters. The van der Waals surface area contributed by atoms with Crippen molar-refractivity contribution in [3.05, 3.63) is 28.7 Å². The molecule has 1 N–H and O–H groups in total. The lowest BCUT2D eigenvalue weighted by atomic mass is 9.97. The molecule has 16 heavy (non-hydrogen) atoms. The molecule has 2 rings (SSSR count). The first-order valence-corrected chi connectivity index (χ1v) is 6.19. The van der Waals surface area contributed by atoms with Gasteiger partial charge in [0.25, 0.3) is 0 Å². The van der Waals surface area contributed by atoms with Gasteiger partial charge in [-0.15, -0.1) is 0 Å². The third-order valence-corrected chi connectivity index (χ3v) is 3.38. The molecule has 0 radical (unpaired) electrons. The first-order valence-electron chi connectivity index (χ1n) is 5.40. The fourth-order valence-electron chi connectivity index (χ4n) is 2.02. The van der Waals surface area contributed by atoms with Crippen molar-refractivity contribution in [1.82, 2.24) is 0 Å². The van der Waals surface area contributed by atoms with E-state index in [1.165, 1.54) is 0 Å². The van der Waals surface area contributed by atoms with Crippen LogP contribution in [0.4, 0.5) is 5.69 Å². The summed E-state index contributed by atoms with van der Waals surface area (Å²) in [5.74, 6) is -0.195. The Bertz CT molecular complexity index is 394. The molecule has 1 saturated heterocycles. The van der Waals surface area contributed by atoms with E-state index in [9.17, 15) is 4.79 Å². The second kappa shape index (κ2) is 4.97. The molecule has 1 aromatic rings. The van der Waals surface area contributed by atoms with E-state index in [4.69, 9.17) is 5.11 Å². The molecule has 1 aliphatic heterocycles. The fourth-order valence-corrected chi connectivity index (χ4v) is 2.41. The zero-order valence-corrected chi connectivity index (χ0v) is 10.5. The zero-order chi connectivity index (χ0) is 11.5. The van der Waals surface area contributed by atoms with E-state index in [0.29, 0.717) is 0 Å². The van der Waals surface area contributed by atoms with Crippen molar-refractivity contribution in [2.24, 2.45) is 5.92 Å². The van der Waals surface area contributed by atoms with Crippen molar-refractivity contribution in [3.8, 4) is 0 Å². The number of hydrogen-bond donors (Lipinski definition) is 1. The van der Waals surface area contributed by atoms with Gasteiger partial charge >= 0.3 is 0 Å². The number of piperidine rings is 1. The average Bonchev–Trinajstić information content (AvgIpc) is 2.29. The summed E-state index contributed by atoms with van der Waals surface area (Å²) in [4.78, 5) is 13.8. The maximum atomic E-state index is 12.0. The van der Waals surface area contributed by atoms with Gasteiger partial charge in [-0.1, -0.05) is 22.0 Å². The standard InChI is InChI=1S/C12H14BrNO2/c13-10-4-1-5-11(7-10)14-6-2-3-9(8-15)12(14)16/h1,4-5,7,9,15H,2-3,6,8H2. The van der Waals surface area contributed by atoms with E-state index < -0.39 is 0 Å². The molecule has 1 fully saturated rings. The first kappa shape index (κ1) is 11.6. The third kappa shape index (κ3) is 2.28. The minimum absolute atomic E-state index is 0.0341. The van der Waals surface area contributed by atoms with E-state index in [2.05, 4.69) is 15.9 Å². The van der Waals surface area contributed by atoms with Gasteiger partial charge in [-0.2, -0.15) is 0 Å². The zero-order valence-electron chi connectivity index (χ0n) is 8.90. The molecule has 1 amide bonds. The molecule has 0 aliphatic carbocycles. The summed E-state index contributed by atoms with van der Waals surface area (Å²) in [5, 5.41) is 9.12. The number of hydrogen-bond acceptors (Lipinski definition) is 2. The summed E-state index contributed by atoms with van der Waals surface area (Å²) in [6.45, 7) is 0.690. The van der Waals surface area contributed by atoms with Crippen molar-refractivity contribution in [2.75, 3.05) is 18.1 Å². The van der Waals surface area contributed by atoms with Crippen LogP contribution in [0, 0.1) is 5.92 Å². The van der Waals surface area contributed by atoms with Crippen molar-refractivity contribution >= 4 is 27.5 Å². The van der Waals surface area contributed by atoms with E-state index in [1.54, 1.807) is 4.90 Å². The highest BCUT2D eigenvalue weighted by atomic mass is 79.9. The van der Waals surface area contributed by atoms with Crippen LogP contribution in [0.3, 0.4) is 0 Å². The molecule has 1 heterocycles. The first-order chi connectivity index (χ1) is 7.72. The van der Waals surface area contributed by atoms with Gasteiger partial charge in [0.15, 0.2) is 0 Å². The van der Waals surface area contributed by atoms with Crippen LogP contribution < -0.4 is 4.90 Å². The normalized spacial score (nSPS) is 21.2. The van der Waals surface area contributed by atoms with E-state index in [0.717, 1.165) is 29.5 Å². The number of nitrogens with zero attached hydrogens (tertiary/aromatic N) is 1. The number of amides is 1. The van der Waals surface area contributed by atoms with Gasteiger partial charge < -0.3 is 10.0 Å². The lowest BCUT2D eigenvalue weighted by Crippen LogP contribution is -2.42. The summed E-state index contributed by atoms with van der Waals surface area (Å²) in [7, 11) is 0. The highest BCUT2D eigenvalue weighted by Crippen LogP contribution is 2.26. The van der Waals surface area contributed by atoms with E-state index in [1.807, 2.05) is 24.3 Å². The molecule has 4 heteroatoms. The lowest BCUT2D eigenvalue weighted by Gasteiger charge is -2.31. The highest BCUT2D eigenvalue weighted by Gasteiger charge is 2.28. The number of aliphatic hydroxyl groups excluding tert-OH is 1. The van der Waals surface area contributed by atoms with Crippen molar-refractivity contribution in [1.29, 1.82) is 0 Å². The minimum Gasteiger partial charge on any atom is -0.396 e. The monoisotopic (exact) mass is 283 g/mol. The Morgan fingerprint density at radius 3 is 3.00 bits per heavy atom. The number of aliphatic hydroxyl groups is 1. The quantitative estimate of drug-likeness (QED) is 0.904. The van der Waals surface area contributed by atoms with Gasteiger partial charge in [-0.3, -0.25) is 4.79 Å². The van der Waals surface area contributed by atoms with E-state index in [-0.39, 0.29) is 18.4 Å². The average molecular weight is 284 g/mol. The van der Waals surface area contributed by atoms with Gasteiger partial charge in [0.05, 0.1) is 12.5 Å². The Morgan fingerprint density at radius 1 is 1.50 bits per heavy atom. The highest BCUT2D eigenvalue weighted by molar-refractivity contribution is 9.10. The predicted molar refractivity (Wildman–Crippen MR) is 66.3 cm³/mol. The van der Waals surface area contributed by atoms with Crippen LogP contribution in [-0.2, 0) is 4.79 Å². The largest absolute Gasteiger partial charge is 0.396 e. The van der Waals surface area contributed by atoms with Crippen molar-refractivity contribution in [3.63, 3.8) is 0 Å². The van der Waals surface area contributed by atoms with Crippen LogP contribution in [-0.4, -0.2) is 24.2 Å². The number of rotatable bonds is 2. The molecular formula is C12H14BrNO2. The Labute approximate surface area is 103 Å². The Morgan fingerprint density at radius 2 is 2.31 bits per heavy atom. The fraction of sp³-hybridized carbons (Fsp3) is 0.417. The van der Waals surface area contributed by atoms with Crippen LogP contribution >= 0.6 is 15.9 Å². The summed E-state index contributed by atoms with van der Waals surface area (Å²) >= 11 is 3.39. The van der Waals surface area contributed by atoms with Gasteiger partial charge in [0.1, 0.15) is 0 Å². The molecule has 3 nitrogen and oxygen atoms in total. The maximum Gasteiger partial charge on any atom is 0.232 e. The van der Waals surface area contributed by atoms with Gasteiger partial charge in [-0.05, 0) is 31.0 Å². The minimum atomic E-state index is -0.229. The van der Waals surface area contributed by atoms with Crippen LogP contribution in [0.15, 0.2) is 28.7 Å². The topological polar surface area (TPSA) is 40.5 Å². The lowest BCUT2D eigenvalue weighted by molar-refractivity contribution is -0.125. The molecule has 0 saturated carbocycles. The van der Waals surface area contributed by atoms with Crippen LogP contribution in [0.2, 0.25) is 0 Å². The Kier molecular flexibility index (Phi) is 3.61. The second-order valence-electron chi connectivity index (χ2n) is 3.99. The summed E-state index contributed by atoms with van der Waals surface area (Å²) in [6.07, 6.45) is 1.74. The number of carbonyl (C=O) groups is 1. The van der Waals surface area contributed by atoms with E-state index >= 15 is 0 Å². The molecule has 1 aromatic carbocycles. The predicted octanol–water partition coefficient (Wildman–Crippen LogP) is 2.18. The molecule has 86 valence electrons. The third-order valence-electron chi connectivity index (χ3n) is 2.89. The maximum absolute atomic E-state index is 12.0. The molecule has 1 unspecified atom stereocenters. The SMILES string of the molecule is O=C1C(CO)CCCN1c1cccc(Br)c1. The van der Waals surface area contributed by atoms with Crippen molar-refractivity contribution in [2.45, 2.75) is 12.8 Å². The second-order valence-corrected chi connectivity index (χ2v) is 4.91. The molecular weight excluding hydrogens is 270 g/mol. The number of anilines is 1. The van der Waals surface area contributed by atoms with Crippen LogP contribution in [0.5, 0.6) is 0 Å². The Hall–Kier alpha value is -0.870.